The summed E-state index contributed by atoms with van der Waals surface area (Å²) in [5.74, 6) is -0.631. The van der Waals surface area contributed by atoms with Crippen LogP contribution in [0.2, 0.25) is 0 Å². The van der Waals surface area contributed by atoms with Crippen LogP contribution < -0.4 is 0 Å². The van der Waals surface area contributed by atoms with Crippen LogP contribution in [0.5, 0.6) is 0 Å². The number of carbonyl (C=O) groups is 2. The van der Waals surface area contributed by atoms with Crippen molar-refractivity contribution in [3.8, 4) is 0 Å². The van der Waals surface area contributed by atoms with E-state index >= 15 is 0 Å². The maximum Gasteiger partial charge on any atom is 0.306 e. The molecule has 0 aliphatic carbocycles. The number of ether oxygens (including phenoxy) is 2. The van der Waals surface area contributed by atoms with Crippen molar-refractivity contribution in [1.82, 2.24) is 0 Å². The van der Waals surface area contributed by atoms with Crippen LogP contribution in [0.3, 0.4) is 0 Å². The lowest BCUT2D eigenvalue weighted by Gasteiger charge is -2.12. The highest BCUT2D eigenvalue weighted by Crippen LogP contribution is 2.10. The van der Waals surface area contributed by atoms with Gasteiger partial charge >= 0.3 is 11.9 Å². The number of hydrogen-bond donors (Lipinski definition) is 0. The summed E-state index contributed by atoms with van der Waals surface area (Å²) >= 11 is 0. The molecule has 0 saturated carbocycles. The lowest BCUT2D eigenvalue weighted by Crippen LogP contribution is -2.16. The van der Waals surface area contributed by atoms with Gasteiger partial charge in [0.15, 0.2) is 0 Å². The zero-order chi connectivity index (χ0) is 21.6. The van der Waals surface area contributed by atoms with Gasteiger partial charge in [-0.25, -0.2) is 0 Å². The van der Waals surface area contributed by atoms with Crippen molar-refractivity contribution in [2.24, 2.45) is 0 Å². The minimum atomic E-state index is -0.322. The molecular weight excluding hydrogens is 364 g/mol. The van der Waals surface area contributed by atoms with E-state index in [2.05, 4.69) is 26.0 Å². The Bertz CT molecular complexity index is 417. The molecule has 0 N–H and O–H groups in total. The molecule has 1 atom stereocenters. The standard InChI is InChI=1S/C25H46O4/c1-4-6-8-9-10-11-12-13-14-15-16-18-22-28-24(26)20-21-25(27)29-23(3)19-17-7-5-2/h15-16,23H,4-14,17-22H2,1-3H3/b16-15+. The Balaban J connectivity index is 3.48. The molecule has 4 nitrogen and oxygen atoms in total. The summed E-state index contributed by atoms with van der Waals surface area (Å²) in [4.78, 5) is 23.4. The Hall–Kier alpha value is -1.32. The van der Waals surface area contributed by atoms with Gasteiger partial charge in [0.1, 0.15) is 0 Å². The Morgan fingerprint density at radius 2 is 1.28 bits per heavy atom. The normalized spacial score (nSPS) is 12.2. The smallest absolute Gasteiger partial charge is 0.306 e. The second kappa shape index (κ2) is 21.4. The average molecular weight is 411 g/mol. The first-order valence-corrected chi connectivity index (χ1v) is 12.1. The van der Waals surface area contributed by atoms with E-state index in [1.807, 2.05) is 6.92 Å². The molecule has 0 radical (unpaired) electrons. The van der Waals surface area contributed by atoms with E-state index in [1.54, 1.807) is 0 Å². The van der Waals surface area contributed by atoms with E-state index in [4.69, 9.17) is 9.47 Å². The molecule has 0 rings (SSSR count). The predicted octanol–water partition coefficient (Wildman–Crippen LogP) is 7.30. The highest BCUT2D eigenvalue weighted by Gasteiger charge is 2.12. The monoisotopic (exact) mass is 410 g/mol. The van der Waals surface area contributed by atoms with Crippen LogP contribution in [0.4, 0.5) is 0 Å². The summed E-state index contributed by atoms with van der Waals surface area (Å²) in [5.41, 5.74) is 0. The van der Waals surface area contributed by atoms with E-state index < -0.39 is 0 Å². The van der Waals surface area contributed by atoms with E-state index in [-0.39, 0.29) is 30.9 Å². The summed E-state index contributed by atoms with van der Waals surface area (Å²) in [5, 5.41) is 0. The van der Waals surface area contributed by atoms with Crippen LogP contribution in [0.25, 0.3) is 0 Å². The first kappa shape index (κ1) is 27.7. The predicted molar refractivity (Wildman–Crippen MR) is 121 cm³/mol. The average Bonchev–Trinajstić information content (AvgIpc) is 2.70. The maximum atomic E-state index is 11.7. The van der Waals surface area contributed by atoms with Crippen LogP contribution in [0.15, 0.2) is 12.2 Å². The number of unbranched alkanes of at least 4 members (excludes halogenated alkanes) is 10. The molecule has 0 fully saturated rings. The van der Waals surface area contributed by atoms with Crippen LogP contribution in [-0.2, 0) is 19.1 Å². The van der Waals surface area contributed by atoms with Gasteiger partial charge in [0, 0.05) is 0 Å². The van der Waals surface area contributed by atoms with E-state index in [0.29, 0.717) is 6.61 Å². The van der Waals surface area contributed by atoms with Gasteiger partial charge in [-0.15, -0.1) is 0 Å². The Kier molecular flexibility index (Phi) is 20.4. The Morgan fingerprint density at radius 1 is 0.724 bits per heavy atom. The lowest BCUT2D eigenvalue weighted by atomic mass is 10.1. The first-order valence-electron chi connectivity index (χ1n) is 12.1. The zero-order valence-corrected chi connectivity index (χ0v) is 19.4. The van der Waals surface area contributed by atoms with E-state index in [1.165, 1.54) is 51.4 Å². The Morgan fingerprint density at radius 3 is 1.97 bits per heavy atom. The molecule has 0 spiro atoms. The summed E-state index contributed by atoms with van der Waals surface area (Å²) in [6, 6.07) is 0. The number of allylic oxidation sites excluding steroid dienone is 1. The molecule has 0 aliphatic rings. The van der Waals surface area contributed by atoms with E-state index in [0.717, 1.165) is 38.5 Å². The first-order chi connectivity index (χ1) is 14.1. The highest BCUT2D eigenvalue weighted by molar-refractivity contribution is 5.77. The van der Waals surface area contributed by atoms with Gasteiger partial charge in [-0.3, -0.25) is 9.59 Å². The van der Waals surface area contributed by atoms with Crippen molar-refractivity contribution in [2.45, 2.75) is 130 Å². The summed E-state index contributed by atoms with van der Waals surface area (Å²) < 4.78 is 10.5. The fourth-order valence-electron chi connectivity index (χ4n) is 3.17. The van der Waals surface area contributed by atoms with Gasteiger partial charge in [0.05, 0.1) is 25.6 Å². The van der Waals surface area contributed by atoms with Crippen molar-refractivity contribution in [3.63, 3.8) is 0 Å². The second-order valence-corrected chi connectivity index (χ2v) is 8.04. The quantitative estimate of drug-likeness (QED) is 0.120. The van der Waals surface area contributed by atoms with Gasteiger partial charge in [0.2, 0.25) is 0 Å². The molecule has 0 bridgehead atoms. The van der Waals surface area contributed by atoms with Crippen molar-refractivity contribution < 1.29 is 19.1 Å². The fraction of sp³-hybridized carbons (Fsp3) is 0.840. The van der Waals surface area contributed by atoms with Gasteiger partial charge in [-0.05, 0) is 39.0 Å². The minimum absolute atomic E-state index is 0.0729. The molecule has 0 aromatic rings. The van der Waals surface area contributed by atoms with Gasteiger partial charge in [0.25, 0.3) is 0 Å². The number of hydrogen-bond acceptors (Lipinski definition) is 4. The molecule has 29 heavy (non-hydrogen) atoms. The zero-order valence-electron chi connectivity index (χ0n) is 19.4. The molecule has 0 aromatic heterocycles. The molecule has 0 saturated heterocycles. The highest BCUT2D eigenvalue weighted by atomic mass is 16.5. The van der Waals surface area contributed by atoms with Crippen molar-refractivity contribution in [1.29, 1.82) is 0 Å². The summed E-state index contributed by atoms with van der Waals surface area (Å²) in [7, 11) is 0. The second-order valence-electron chi connectivity index (χ2n) is 8.04. The topological polar surface area (TPSA) is 52.6 Å². The largest absolute Gasteiger partial charge is 0.465 e. The van der Waals surface area contributed by atoms with Crippen molar-refractivity contribution in [3.05, 3.63) is 12.2 Å². The third kappa shape index (κ3) is 21.2. The molecule has 1 unspecified atom stereocenters. The van der Waals surface area contributed by atoms with Crippen molar-refractivity contribution >= 4 is 11.9 Å². The van der Waals surface area contributed by atoms with E-state index in [9.17, 15) is 9.59 Å². The molecule has 170 valence electrons. The maximum absolute atomic E-state index is 11.7. The van der Waals surface area contributed by atoms with Gasteiger partial charge < -0.3 is 9.47 Å². The molecule has 4 heteroatoms. The molecular formula is C25H46O4. The third-order valence-electron chi connectivity index (χ3n) is 5.02. The Labute approximate surface area is 179 Å². The molecule has 0 aliphatic heterocycles. The van der Waals surface area contributed by atoms with Gasteiger partial charge in [-0.1, -0.05) is 83.8 Å². The fourth-order valence-corrected chi connectivity index (χ4v) is 3.17. The minimum Gasteiger partial charge on any atom is -0.465 e. The number of rotatable bonds is 20. The number of esters is 2. The summed E-state index contributed by atoms with van der Waals surface area (Å²) in [6.07, 6.45) is 21.2. The molecule has 0 heterocycles. The lowest BCUT2D eigenvalue weighted by molar-refractivity contribution is -0.153. The third-order valence-corrected chi connectivity index (χ3v) is 5.02. The number of carbonyl (C=O) groups excluding carboxylic acids is 2. The van der Waals surface area contributed by atoms with Crippen LogP contribution in [-0.4, -0.2) is 24.6 Å². The molecule has 0 aromatic carbocycles. The van der Waals surface area contributed by atoms with Gasteiger partial charge in [-0.2, -0.15) is 0 Å². The SMILES string of the molecule is CCCCCCCCCC/C=C/CCOC(=O)CCC(=O)OC(C)CCCCC. The van der Waals surface area contributed by atoms with Crippen LogP contribution >= 0.6 is 0 Å². The molecule has 0 amide bonds. The van der Waals surface area contributed by atoms with Crippen LogP contribution in [0, 0.1) is 0 Å². The van der Waals surface area contributed by atoms with Crippen LogP contribution in [0.1, 0.15) is 124 Å². The summed E-state index contributed by atoms with van der Waals surface area (Å²) in [6.45, 7) is 6.69. The van der Waals surface area contributed by atoms with Crippen molar-refractivity contribution in [2.75, 3.05) is 6.61 Å².